The Morgan fingerprint density at radius 2 is 1.76 bits per heavy atom. The van der Waals surface area contributed by atoms with Crippen LogP contribution in [0.5, 0.6) is 5.75 Å². The Balaban J connectivity index is 1.94. The van der Waals surface area contributed by atoms with Crippen LogP contribution in [0.15, 0.2) is 24.3 Å². The number of hydrogen-bond acceptors (Lipinski definition) is 3. The van der Waals surface area contributed by atoms with Gasteiger partial charge in [0.25, 0.3) is 0 Å². The third-order valence-electron chi connectivity index (χ3n) is 3.17. The normalized spacial score (nSPS) is 16.5. The lowest BCUT2D eigenvalue weighted by molar-refractivity contribution is -0.139. The number of carbonyl (C=O) groups is 2. The summed E-state index contributed by atoms with van der Waals surface area (Å²) < 4.78 is 5.30. The summed E-state index contributed by atoms with van der Waals surface area (Å²) in [7, 11) is 0. The van der Waals surface area contributed by atoms with Crippen molar-refractivity contribution in [2.75, 3.05) is 0 Å². The van der Waals surface area contributed by atoms with E-state index in [0.717, 1.165) is 32.0 Å². The van der Waals surface area contributed by atoms with E-state index >= 15 is 0 Å². The van der Waals surface area contributed by atoms with E-state index < -0.39 is 0 Å². The molecule has 3 heteroatoms. The molecule has 0 aromatic heterocycles. The number of aldehydes is 1. The van der Waals surface area contributed by atoms with Gasteiger partial charge in [-0.1, -0.05) is 19.3 Å². The largest absolute Gasteiger partial charge is 0.426 e. The van der Waals surface area contributed by atoms with Crippen molar-refractivity contribution in [3.8, 4) is 5.75 Å². The van der Waals surface area contributed by atoms with Gasteiger partial charge >= 0.3 is 5.97 Å². The zero-order chi connectivity index (χ0) is 12.1. The summed E-state index contributed by atoms with van der Waals surface area (Å²) in [6.45, 7) is 0. The van der Waals surface area contributed by atoms with Crippen LogP contribution >= 0.6 is 0 Å². The lowest BCUT2D eigenvalue weighted by Crippen LogP contribution is -2.22. The van der Waals surface area contributed by atoms with Crippen LogP contribution in [0.25, 0.3) is 0 Å². The second-order valence-electron chi connectivity index (χ2n) is 4.44. The Morgan fingerprint density at radius 3 is 2.35 bits per heavy atom. The fourth-order valence-corrected chi connectivity index (χ4v) is 2.15. The quantitative estimate of drug-likeness (QED) is 0.457. The standard InChI is InChI=1S/C14H16O3/c15-10-11-6-8-13(9-7-11)17-14(16)12-4-2-1-3-5-12/h6-10,12H,1-5H2. The van der Waals surface area contributed by atoms with Crippen LogP contribution in [0.4, 0.5) is 0 Å². The lowest BCUT2D eigenvalue weighted by atomic mass is 9.89. The van der Waals surface area contributed by atoms with Crippen molar-refractivity contribution >= 4 is 12.3 Å². The third-order valence-corrected chi connectivity index (χ3v) is 3.17. The van der Waals surface area contributed by atoms with Crippen LogP contribution in [0, 0.1) is 5.92 Å². The van der Waals surface area contributed by atoms with Crippen molar-refractivity contribution in [3.05, 3.63) is 29.8 Å². The van der Waals surface area contributed by atoms with Gasteiger partial charge in [0.15, 0.2) is 0 Å². The van der Waals surface area contributed by atoms with Crippen LogP contribution in [-0.4, -0.2) is 12.3 Å². The minimum atomic E-state index is -0.136. The summed E-state index contributed by atoms with van der Waals surface area (Å²) in [6.07, 6.45) is 6.09. The molecule has 1 aromatic carbocycles. The second-order valence-corrected chi connectivity index (χ2v) is 4.44. The first kappa shape index (κ1) is 11.8. The molecule has 0 spiro atoms. The van der Waals surface area contributed by atoms with Gasteiger partial charge in [-0.25, -0.2) is 0 Å². The molecule has 1 aliphatic rings. The van der Waals surface area contributed by atoms with E-state index in [4.69, 9.17) is 4.74 Å². The molecule has 0 unspecified atom stereocenters. The Morgan fingerprint density at radius 1 is 1.12 bits per heavy atom. The first-order valence-corrected chi connectivity index (χ1v) is 6.06. The number of rotatable bonds is 3. The van der Waals surface area contributed by atoms with E-state index in [9.17, 15) is 9.59 Å². The molecule has 0 N–H and O–H groups in total. The van der Waals surface area contributed by atoms with E-state index in [0.29, 0.717) is 11.3 Å². The molecule has 17 heavy (non-hydrogen) atoms. The first-order chi connectivity index (χ1) is 8.29. The van der Waals surface area contributed by atoms with Crippen LogP contribution in [0.2, 0.25) is 0 Å². The van der Waals surface area contributed by atoms with Crippen LogP contribution in [-0.2, 0) is 4.79 Å². The molecule has 0 atom stereocenters. The lowest BCUT2D eigenvalue weighted by Gasteiger charge is -2.19. The van der Waals surface area contributed by atoms with Crippen molar-refractivity contribution in [2.24, 2.45) is 5.92 Å². The van der Waals surface area contributed by atoms with Crippen molar-refractivity contribution in [3.63, 3.8) is 0 Å². The van der Waals surface area contributed by atoms with Gasteiger partial charge in [0, 0.05) is 5.56 Å². The average Bonchev–Trinajstić information content (AvgIpc) is 2.40. The minimum absolute atomic E-state index is 0.0505. The molecular formula is C14H16O3. The predicted molar refractivity (Wildman–Crippen MR) is 64.0 cm³/mol. The molecule has 3 nitrogen and oxygen atoms in total. The van der Waals surface area contributed by atoms with E-state index in [1.165, 1.54) is 6.42 Å². The number of hydrogen-bond donors (Lipinski definition) is 0. The van der Waals surface area contributed by atoms with Gasteiger partial charge in [-0.05, 0) is 37.1 Å². The smallest absolute Gasteiger partial charge is 0.314 e. The van der Waals surface area contributed by atoms with Gasteiger partial charge in [-0.2, -0.15) is 0 Å². The molecule has 0 amide bonds. The summed E-state index contributed by atoms with van der Waals surface area (Å²) >= 11 is 0. The monoisotopic (exact) mass is 232 g/mol. The van der Waals surface area contributed by atoms with Crippen molar-refractivity contribution in [1.29, 1.82) is 0 Å². The number of carbonyl (C=O) groups excluding carboxylic acids is 2. The Hall–Kier alpha value is -1.64. The summed E-state index contributed by atoms with van der Waals surface area (Å²) in [5.41, 5.74) is 0.586. The maximum atomic E-state index is 11.8. The van der Waals surface area contributed by atoms with Crippen molar-refractivity contribution in [2.45, 2.75) is 32.1 Å². The number of benzene rings is 1. The molecule has 1 aromatic rings. The summed E-state index contributed by atoms with van der Waals surface area (Å²) in [4.78, 5) is 22.3. The Labute approximate surface area is 101 Å². The van der Waals surface area contributed by atoms with Crippen LogP contribution in [0.1, 0.15) is 42.5 Å². The fraction of sp³-hybridized carbons (Fsp3) is 0.429. The van der Waals surface area contributed by atoms with Gasteiger partial charge in [0.05, 0.1) is 5.92 Å². The van der Waals surface area contributed by atoms with E-state index in [1.807, 2.05) is 0 Å². The molecular weight excluding hydrogens is 216 g/mol. The maximum Gasteiger partial charge on any atom is 0.314 e. The molecule has 1 saturated carbocycles. The number of ether oxygens (including phenoxy) is 1. The topological polar surface area (TPSA) is 43.4 Å². The van der Waals surface area contributed by atoms with Gasteiger partial charge in [-0.3, -0.25) is 9.59 Å². The van der Waals surface area contributed by atoms with Crippen LogP contribution < -0.4 is 4.74 Å². The molecule has 0 radical (unpaired) electrons. The highest BCUT2D eigenvalue weighted by molar-refractivity contribution is 5.77. The molecule has 1 fully saturated rings. The average molecular weight is 232 g/mol. The molecule has 0 saturated heterocycles. The van der Waals surface area contributed by atoms with Crippen molar-refractivity contribution in [1.82, 2.24) is 0 Å². The first-order valence-electron chi connectivity index (χ1n) is 6.06. The predicted octanol–water partition coefficient (Wildman–Crippen LogP) is 2.98. The fourth-order valence-electron chi connectivity index (χ4n) is 2.15. The zero-order valence-corrected chi connectivity index (χ0v) is 9.72. The molecule has 0 heterocycles. The van der Waals surface area contributed by atoms with E-state index in [2.05, 4.69) is 0 Å². The van der Waals surface area contributed by atoms with Gasteiger partial charge in [-0.15, -0.1) is 0 Å². The summed E-state index contributed by atoms with van der Waals surface area (Å²) in [6, 6.07) is 6.61. The molecule has 2 rings (SSSR count). The highest BCUT2D eigenvalue weighted by atomic mass is 16.5. The van der Waals surface area contributed by atoms with Gasteiger partial charge in [0.2, 0.25) is 0 Å². The van der Waals surface area contributed by atoms with Crippen LogP contribution in [0.3, 0.4) is 0 Å². The zero-order valence-electron chi connectivity index (χ0n) is 9.72. The van der Waals surface area contributed by atoms with Gasteiger partial charge < -0.3 is 4.74 Å². The van der Waals surface area contributed by atoms with E-state index in [1.54, 1.807) is 24.3 Å². The Bertz CT molecular complexity index is 388. The van der Waals surface area contributed by atoms with E-state index in [-0.39, 0.29) is 11.9 Å². The van der Waals surface area contributed by atoms with Crippen molar-refractivity contribution < 1.29 is 14.3 Å². The summed E-state index contributed by atoms with van der Waals surface area (Å²) in [5.74, 6) is 0.434. The molecule has 0 bridgehead atoms. The third kappa shape index (κ3) is 3.16. The highest BCUT2D eigenvalue weighted by Gasteiger charge is 2.22. The Kier molecular flexibility index (Phi) is 3.91. The molecule has 1 aliphatic carbocycles. The number of esters is 1. The maximum absolute atomic E-state index is 11.8. The minimum Gasteiger partial charge on any atom is -0.426 e. The summed E-state index contributed by atoms with van der Waals surface area (Å²) in [5, 5.41) is 0. The SMILES string of the molecule is O=Cc1ccc(OC(=O)C2CCCCC2)cc1. The highest BCUT2D eigenvalue weighted by Crippen LogP contribution is 2.25. The molecule has 90 valence electrons. The second kappa shape index (κ2) is 5.62. The molecule has 0 aliphatic heterocycles. The van der Waals surface area contributed by atoms with Gasteiger partial charge in [0.1, 0.15) is 12.0 Å².